The first-order valence-electron chi connectivity index (χ1n) is 10.5. The molecule has 2 aliphatic carbocycles. The van der Waals surface area contributed by atoms with E-state index in [2.05, 4.69) is 20.8 Å². The van der Waals surface area contributed by atoms with Crippen molar-refractivity contribution in [1.29, 1.82) is 0 Å². The maximum atomic E-state index is 14.8. The van der Waals surface area contributed by atoms with Crippen molar-refractivity contribution in [3.8, 4) is 0 Å². The molecule has 1 fully saturated rings. The number of hydrogen-bond acceptors (Lipinski definition) is 1. The summed E-state index contributed by atoms with van der Waals surface area (Å²) in [7, 11) is 5.75. The lowest BCUT2D eigenvalue weighted by Gasteiger charge is -2.31. The first kappa shape index (κ1) is 20.8. The maximum absolute atomic E-state index is 14.8. The second kappa shape index (κ2) is 9.07. The molecule has 0 spiro atoms. The van der Waals surface area contributed by atoms with E-state index in [0.717, 1.165) is 29.6 Å². The summed E-state index contributed by atoms with van der Waals surface area (Å²) in [5.41, 5.74) is 1.15. The zero-order valence-corrected chi connectivity index (χ0v) is 17.7. The zero-order chi connectivity index (χ0) is 19.6. The van der Waals surface area contributed by atoms with Crippen molar-refractivity contribution >= 4 is 29.5 Å². The second-order valence-electron chi connectivity index (χ2n) is 8.81. The predicted octanol–water partition coefficient (Wildman–Crippen LogP) is 7.12. The van der Waals surface area contributed by atoms with Crippen LogP contribution in [0.2, 0.25) is 0 Å². The predicted molar refractivity (Wildman–Crippen MR) is 114 cm³/mol. The van der Waals surface area contributed by atoms with Crippen LogP contribution in [0.25, 0.3) is 5.57 Å². The van der Waals surface area contributed by atoms with Crippen LogP contribution in [0.1, 0.15) is 77.0 Å². The summed E-state index contributed by atoms with van der Waals surface area (Å²) < 4.78 is 30.1. The molecule has 0 aliphatic heterocycles. The van der Waals surface area contributed by atoms with Crippen LogP contribution in [0, 0.1) is 23.7 Å². The largest absolute Gasteiger partial charge is 0.204 e. The van der Waals surface area contributed by atoms with Crippen molar-refractivity contribution in [1.82, 2.24) is 0 Å². The molecule has 1 heterocycles. The van der Waals surface area contributed by atoms with Gasteiger partial charge in [0.25, 0.3) is 0 Å². The molecule has 0 N–H and O–H groups in total. The molecule has 1 aromatic rings. The molecule has 1 aromatic heterocycles. The Morgan fingerprint density at radius 1 is 1.04 bits per heavy atom. The molecule has 0 bridgehead atoms. The molecule has 4 heteroatoms. The zero-order valence-electron chi connectivity index (χ0n) is 16.9. The highest BCUT2D eigenvalue weighted by Gasteiger charge is 2.28. The van der Waals surface area contributed by atoms with E-state index in [1.165, 1.54) is 37.0 Å². The lowest BCUT2D eigenvalue weighted by Crippen LogP contribution is -2.19. The molecule has 2 radical (unpaired) electrons. The van der Waals surface area contributed by atoms with Gasteiger partial charge in [0.2, 0.25) is 0 Å². The molecule has 2 unspecified atom stereocenters. The lowest BCUT2D eigenvalue weighted by atomic mass is 9.74. The molecule has 0 saturated heterocycles. The first-order valence-corrected chi connectivity index (χ1v) is 11.3. The Bertz CT molecular complexity index is 710. The molecule has 146 valence electrons. The van der Waals surface area contributed by atoms with Gasteiger partial charge >= 0.3 is 0 Å². The fourth-order valence-corrected chi connectivity index (χ4v) is 5.58. The molecule has 2 aliphatic rings. The van der Waals surface area contributed by atoms with Gasteiger partial charge in [-0.2, -0.15) is 11.3 Å². The molecular formula is C23H31BF2S. The number of allylic oxidation sites excluding steroid dienone is 4. The SMILES string of the molecule is [B]c1ccc(C2=C(F)C(F)=C(C(C)CCC(C)C3CCC(C)CC3)CC2)s1. The third kappa shape index (κ3) is 4.94. The lowest BCUT2D eigenvalue weighted by molar-refractivity contribution is 0.209. The average molecular weight is 388 g/mol. The highest BCUT2D eigenvalue weighted by molar-refractivity contribution is 7.20. The average Bonchev–Trinajstić information content (AvgIpc) is 3.08. The molecular weight excluding hydrogens is 357 g/mol. The van der Waals surface area contributed by atoms with Gasteiger partial charge in [-0.15, -0.1) is 0 Å². The fraction of sp³-hybridized carbons (Fsp3) is 0.652. The van der Waals surface area contributed by atoms with Crippen molar-refractivity contribution < 1.29 is 8.78 Å². The smallest absolute Gasteiger partial charge is 0.163 e. The van der Waals surface area contributed by atoms with Gasteiger partial charge in [-0.05, 0) is 78.6 Å². The normalized spacial score (nSPS) is 26.4. The summed E-state index contributed by atoms with van der Waals surface area (Å²) in [6, 6.07) is 3.55. The van der Waals surface area contributed by atoms with Crippen LogP contribution < -0.4 is 4.78 Å². The van der Waals surface area contributed by atoms with E-state index in [9.17, 15) is 8.78 Å². The fourth-order valence-electron chi connectivity index (χ4n) is 4.74. The van der Waals surface area contributed by atoms with Gasteiger partial charge < -0.3 is 0 Å². The highest BCUT2D eigenvalue weighted by Crippen LogP contribution is 2.42. The van der Waals surface area contributed by atoms with Gasteiger partial charge in [0.15, 0.2) is 11.7 Å². The van der Waals surface area contributed by atoms with Gasteiger partial charge in [0.05, 0.1) is 0 Å². The van der Waals surface area contributed by atoms with Crippen molar-refractivity contribution in [2.75, 3.05) is 0 Å². The number of thiophene rings is 1. The Morgan fingerprint density at radius 2 is 1.74 bits per heavy atom. The summed E-state index contributed by atoms with van der Waals surface area (Å²) in [6.45, 7) is 6.76. The van der Waals surface area contributed by atoms with E-state index in [1.807, 2.05) is 0 Å². The van der Waals surface area contributed by atoms with Crippen LogP contribution in [0.3, 0.4) is 0 Å². The third-order valence-electron chi connectivity index (χ3n) is 6.82. The Kier molecular flexibility index (Phi) is 7.00. The summed E-state index contributed by atoms with van der Waals surface area (Å²) in [5.74, 6) is 1.18. The monoisotopic (exact) mass is 388 g/mol. The van der Waals surface area contributed by atoms with Crippen LogP contribution >= 0.6 is 11.3 Å². The molecule has 0 aromatic carbocycles. The maximum Gasteiger partial charge on any atom is 0.163 e. The van der Waals surface area contributed by atoms with Gasteiger partial charge in [-0.1, -0.05) is 39.7 Å². The topological polar surface area (TPSA) is 0 Å². The quantitative estimate of drug-likeness (QED) is 0.455. The minimum Gasteiger partial charge on any atom is -0.204 e. The minimum absolute atomic E-state index is 0.107. The standard InChI is InChI=1S/C23H31BF2S/c1-14-4-8-17(9-5-14)15(2)6-7-16(3)18-10-11-19(23(26)22(18)25)20-12-13-21(24)27-20/h12-17H,4-11H2,1-3H3. The van der Waals surface area contributed by atoms with Crippen molar-refractivity contribution in [3.63, 3.8) is 0 Å². The molecule has 2 atom stereocenters. The first-order chi connectivity index (χ1) is 12.9. The number of rotatable bonds is 6. The van der Waals surface area contributed by atoms with E-state index >= 15 is 0 Å². The van der Waals surface area contributed by atoms with Crippen molar-refractivity contribution in [2.24, 2.45) is 23.7 Å². The van der Waals surface area contributed by atoms with Crippen LogP contribution in [0.4, 0.5) is 8.78 Å². The van der Waals surface area contributed by atoms with Crippen LogP contribution in [-0.4, -0.2) is 7.85 Å². The minimum atomic E-state index is -0.667. The molecule has 1 saturated carbocycles. The summed E-state index contributed by atoms with van der Waals surface area (Å²) in [5, 5.41) is 0. The molecule has 27 heavy (non-hydrogen) atoms. The Labute approximate surface area is 168 Å². The van der Waals surface area contributed by atoms with Crippen LogP contribution in [0.5, 0.6) is 0 Å². The molecule has 3 rings (SSSR count). The van der Waals surface area contributed by atoms with Gasteiger partial charge in [0.1, 0.15) is 7.85 Å². The van der Waals surface area contributed by atoms with Gasteiger partial charge in [-0.3, -0.25) is 0 Å². The summed E-state index contributed by atoms with van der Waals surface area (Å²) in [4.78, 5) is 0.756. The third-order valence-corrected chi connectivity index (χ3v) is 7.80. The Hall–Kier alpha value is -0.895. The highest BCUT2D eigenvalue weighted by atomic mass is 32.1. The molecule has 0 amide bonds. The van der Waals surface area contributed by atoms with Gasteiger partial charge in [0, 0.05) is 10.5 Å². The van der Waals surface area contributed by atoms with E-state index in [4.69, 9.17) is 7.85 Å². The van der Waals surface area contributed by atoms with Crippen molar-refractivity contribution in [2.45, 2.75) is 72.1 Å². The Morgan fingerprint density at radius 3 is 2.37 bits per heavy atom. The summed E-state index contributed by atoms with van der Waals surface area (Å²) in [6.07, 6.45) is 8.59. The molecule has 0 nitrogen and oxygen atoms in total. The number of hydrogen-bond donors (Lipinski definition) is 0. The second-order valence-corrected chi connectivity index (χ2v) is 9.92. The summed E-state index contributed by atoms with van der Waals surface area (Å²) >= 11 is 1.33. The van der Waals surface area contributed by atoms with Crippen LogP contribution in [-0.2, 0) is 0 Å². The number of halogens is 2. The Balaban J connectivity index is 1.62. The van der Waals surface area contributed by atoms with Gasteiger partial charge in [-0.25, -0.2) is 8.78 Å². The van der Waals surface area contributed by atoms with Crippen LogP contribution in [0.15, 0.2) is 29.4 Å². The van der Waals surface area contributed by atoms with E-state index in [0.29, 0.717) is 34.7 Å². The van der Waals surface area contributed by atoms with E-state index in [-0.39, 0.29) is 5.92 Å². The van der Waals surface area contributed by atoms with Crippen molar-refractivity contribution in [3.05, 3.63) is 34.2 Å². The van der Waals surface area contributed by atoms with E-state index in [1.54, 1.807) is 12.1 Å². The van der Waals surface area contributed by atoms with E-state index < -0.39 is 11.7 Å².